The van der Waals surface area contributed by atoms with Gasteiger partial charge in [0, 0.05) is 31.4 Å². The van der Waals surface area contributed by atoms with E-state index in [0.717, 1.165) is 29.8 Å². The number of anilines is 1. The molecule has 0 unspecified atom stereocenters. The second-order valence-electron chi connectivity index (χ2n) is 5.89. The average molecular weight is 311 g/mol. The fourth-order valence-electron chi connectivity index (χ4n) is 2.71. The van der Waals surface area contributed by atoms with Gasteiger partial charge in [0.25, 0.3) is 0 Å². The summed E-state index contributed by atoms with van der Waals surface area (Å²) < 4.78 is 4.66. The number of piperidine rings is 1. The number of carbonyl (C=O) groups is 1. The Morgan fingerprint density at radius 3 is 2.81 bits per heavy atom. The maximum Gasteiger partial charge on any atom is 0.305 e. The molecule has 1 aromatic heterocycles. The van der Waals surface area contributed by atoms with Crippen LogP contribution in [0, 0.1) is 5.92 Å². The van der Waals surface area contributed by atoms with Gasteiger partial charge in [0.05, 0.1) is 19.2 Å². The largest absolute Gasteiger partial charge is 0.469 e. The van der Waals surface area contributed by atoms with Crippen LogP contribution in [0.3, 0.4) is 0 Å². The summed E-state index contributed by atoms with van der Waals surface area (Å²) in [7, 11) is 5.70. The summed E-state index contributed by atoms with van der Waals surface area (Å²) in [4.78, 5) is 20.5. The van der Waals surface area contributed by atoms with Crippen LogP contribution >= 0.6 is 11.3 Å². The Labute approximate surface area is 130 Å². The summed E-state index contributed by atoms with van der Waals surface area (Å²) in [5.41, 5.74) is 0.996. The highest BCUT2D eigenvalue weighted by Gasteiger charge is 2.21. The molecular formula is C15H25N3O2S. The van der Waals surface area contributed by atoms with E-state index >= 15 is 0 Å². The minimum absolute atomic E-state index is 0.172. The van der Waals surface area contributed by atoms with Crippen molar-refractivity contribution in [3.05, 3.63) is 11.1 Å². The van der Waals surface area contributed by atoms with E-state index in [1.165, 1.54) is 26.5 Å². The van der Waals surface area contributed by atoms with Gasteiger partial charge in [-0.3, -0.25) is 4.79 Å². The molecule has 0 bridgehead atoms. The van der Waals surface area contributed by atoms with Gasteiger partial charge in [0.15, 0.2) is 5.13 Å². The monoisotopic (exact) mass is 311 g/mol. The van der Waals surface area contributed by atoms with E-state index in [4.69, 9.17) is 0 Å². The lowest BCUT2D eigenvalue weighted by molar-refractivity contribution is -0.140. The number of rotatable bonds is 6. The number of hydrogen-bond donors (Lipinski definition) is 0. The van der Waals surface area contributed by atoms with Crippen molar-refractivity contribution in [2.75, 3.05) is 45.7 Å². The topological polar surface area (TPSA) is 45.7 Å². The van der Waals surface area contributed by atoms with Gasteiger partial charge < -0.3 is 14.5 Å². The first kappa shape index (κ1) is 16.2. The number of aromatic nitrogens is 1. The van der Waals surface area contributed by atoms with E-state index < -0.39 is 0 Å². The number of esters is 1. The number of aryl methyl sites for hydroxylation is 1. The summed E-state index contributed by atoms with van der Waals surface area (Å²) in [6.07, 6.45) is 3.54. The van der Waals surface area contributed by atoms with E-state index in [2.05, 4.69) is 39.0 Å². The number of carbonyl (C=O) groups excluding carboxylic acids is 1. The average Bonchev–Trinajstić information content (AvgIpc) is 2.94. The highest BCUT2D eigenvalue weighted by Crippen LogP contribution is 2.27. The summed E-state index contributed by atoms with van der Waals surface area (Å²) in [5.74, 6) is 0.629. The minimum atomic E-state index is -0.172. The first-order valence-corrected chi connectivity index (χ1v) is 8.37. The van der Waals surface area contributed by atoms with Gasteiger partial charge >= 0.3 is 5.97 Å². The Morgan fingerprint density at radius 1 is 1.48 bits per heavy atom. The van der Waals surface area contributed by atoms with E-state index in [1.807, 2.05) is 0 Å². The molecule has 0 amide bonds. The maximum absolute atomic E-state index is 11.2. The van der Waals surface area contributed by atoms with Crippen molar-refractivity contribution >= 4 is 22.4 Å². The molecule has 1 saturated heterocycles. The van der Waals surface area contributed by atoms with Crippen LogP contribution in [0.5, 0.6) is 0 Å². The molecule has 0 radical (unpaired) electrons. The van der Waals surface area contributed by atoms with Crippen LogP contribution in [0.25, 0.3) is 0 Å². The Kier molecular flexibility index (Phi) is 5.99. The molecule has 5 nitrogen and oxygen atoms in total. The van der Waals surface area contributed by atoms with E-state index in [0.29, 0.717) is 12.8 Å². The van der Waals surface area contributed by atoms with Crippen LogP contribution in [0.1, 0.15) is 25.0 Å². The molecular weight excluding hydrogens is 286 g/mol. The Balaban J connectivity index is 1.81. The molecule has 0 N–H and O–H groups in total. The summed E-state index contributed by atoms with van der Waals surface area (Å²) in [5, 5.41) is 3.16. The number of nitrogens with zero attached hydrogens (tertiary/aromatic N) is 3. The predicted molar refractivity (Wildman–Crippen MR) is 85.9 cm³/mol. The molecule has 1 aromatic rings. The fourth-order valence-corrected chi connectivity index (χ4v) is 3.63. The van der Waals surface area contributed by atoms with Crippen molar-refractivity contribution in [1.29, 1.82) is 0 Å². The van der Waals surface area contributed by atoms with Crippen molar-refractivity contribution in [3.63, 3.8) is 0 Å². The lowest BCUT2D eigenvalue weighted by Gasteiger charge is -2.33. The van der Waals surface area contributed by atoms with Crippen molar-refractivity contribution in [2.24, 2.45) is 5.92 Å². The number of methoxy groups -OCH3 is 1. The van der Waals surface area contributed by atoms with Gasteiger partial charge in [-0.1, -0.05) is 0 Å². The van der Waals surface area contributed by atoms with Crippen molar-refractivity contribution in [3.8, 4) is 0 Å². The first-order valence-electron chi connectivity index (χ1n) is 7.49. The third-order valence-corrected chi connectivity index (χ3v) is 4.81. The zero-order chi connectivity index (χ0) is 15.2. The normalized spacial score (nSPS) is 16.5. The van der Waals surface area contributed by atoms with Crippen LogP contribution in [-0.4, -0.2) is 56.7 Å². The lowest BCUT2D eigenvalue weighted by atomic mass is 9.97. The standard InChI is InChI=1S/C15H25N3O2S/c1-17(2)10-12-6-8-18(9-7-12)15-16-13(11-21-15)4-5-14(19)20-3/h11-12H,4-10H2,1-3H3. The highest BCUT2D eigenvalue weighted by atomic mass is 32.1. The summed E-state index contributed by atoms with van der Waals surface area (Å²) >= 11 is 1.68. The molecule has 21 heavy (non-hydrogen) atoms. The lowest BCUT2D eigenvalue weighted by Crippen LogP contribution is -2.37. The zero-order valence-electron chi connectivity index (χ0n) is 13.2. The molecule has 0 spiro atoms. The molecule has 118 valence electrons. The molecule has 0 aliphatic carbocycles. The Morgan fingerprint density at radius 2 is 2.19 bits per heavy atom. The second-order valence-corrected chi connectivity index (χ2v) is 6.73. The highest BCUT2D eigenvalue weighted by molar-refractivity contribution is 7.13. The van der Waals surface area contributed by atoms with Crippen molar-refractivity contribution in [2.45, 2.75) is 25.7 Å². The summed E-state index contributed by atoms with van der Waals surface area (Å²) in [6, 6.07) is 0. The first-order chi connectivity index (χ1) is 10.1. The molecule has 2 heterocycles. The van der Waals surface area contributed by atoms with Crippen LogP contribution < -0.4 is 4.90 Å². The molecule has 0 aromatic carbocycles. The van der Waals surface area contributed by atoms with Gasteiger partial charge in [0.2, 0.25) is 0 Å². The van der Waals surface area contributed by atoms with Gasteiger partial charge in [-0.15, -0.1) is 11.3 Å². The minimum Gasteiger partial charge on any atom is -0.469 e. The molecule has 1 fully saturated rings. The van der Waals surface area contributed by atoms with E-state index in [9.17, 15) is 4.79 Å². The molecule has 1 aliphatic heterocycles. The zero-order valence-corrected chi connectivity index (χ0v) is 14.0. The quantitative estimate of drug-likeness (QED) is 0.752. The van der Waals surface area contributed by atoms with Gasteiger partial charge in [-0.25, -0.2) is 4.98 Å². The smallest absolute Gasteiger partial charge is 0.305 e. The van der Waals surface area contributed by atoms with Crippen LogP contribution in [0.4, 0.5) is 5.13 Å². The number of ether oxygens (including phenoxy) is 1. The molecule has 0 atom stereocenters. The Bertz CT molecular complexity index is 454. The van der Waals surface area contributed by atoms with E-state index in [-0.39, 0.29) is 5.97 Å². The maximum atomic E-state index is 11.2. The third-order valence-electron chi connectivity index (χ3n) is 3.86. The van der Waals surface area contributed by atoms with Gasteiger partial charge in [-0.05, 0) is 32.9 Å². The molecule has 0 saturated carbocycles. The van der Waals surface area contributed by atoms with Crippen LogP contribution in [0.2, 0.25) is 0 Å². The predicted octanol–water partition coefficient (Wildman–Crippen LogP) is 2.03. The van der Waals surface area contributed by atoms with Crippen LogP contribution in [-0.2, 0) is 16.0 Å². The number of thiazole rings is 1. The fraction of sp³-hybridized carbons (Fsp3) is 0.733. The van der Waals surface area contributed by atoms with Crippen molar-refractivity contribution in [1.82, 2.24) is 9.88 Å². The second kappa shape index (κ2) is 7.75. The van der Waals surface area contributed by atoms with Gasteiger partial charge in [-0.2, -0.15) is 0 Å². The molecule has 1 aliphatic rings. The Hall–Kier alpha value is -1.14. The summed E-state index contributed by atoms with van der Waals surface area (Å²) in [6.45, 7) is 3.35. The van der Waals surface area contributed by atoms with E-state index in [1.54, 1.807) is 11.3 Å². The molecule has 2 rings (SSSR count). The SMILES string of the molecule is COC(=O)CCc1csc(N2CCC(CN(C)C)CC2)n1. The van der Waals surface area contributed by atoms with Crippen LogP contribution in [0.15, 0.2) is 5.38 Å². The molecule has 6 heteroatoms. The van der Waals surface area contributed by atoms with Gasteiger partial charge in [0.1, 0.15) is 0 Å². The third kappa shape index (κ3) is 4.97. The number of hydrogen-bond acceptors (Lipinski definition) is 6. The van der Waals surface area contributed by atoms with Crippen molar-refractivity contribution < 1.29 is 9.53 Å².